The van der Waals surface area contributed by atoms with Gasteiger partial charge in [-0.15, -0.1) is 0 Å². The molecule has 1 nitrogen and oxygen atoms in total. The van der Waals surface area contributed by atoms with Crippen molar-refractivity contribution in [2.45, 2.75) is 40.0 Å². The third kappa shape index (κ3) is 4.42. The van der Waals surface area contributed by atoms with Crippen molar-refractivity contribution in [1.82, 2.24) is 0 Å². The van der Waals surface area contributed by atoms with Crippen molar-refractivity contribution < 1.29 is 0 Å². The fraction of sp³-hybridized carbons (Fsp3) is 0.280. The smallest absolute Gasteiger partial charge is 0.00367 e. The van der Waals surface area contributed by atoms with E-state index in [0.717, 1.165) is 12.8 Å². The van der Waals surface area contributed by atoms with Crippen molar-refractivity contribution in [3.63, 3.8) is 0 Å². The van der Waals surface area contributed by atoms with Crippen LogP contribution in [-0.2, 0) is 12.8 Å². The topological polar surface area (TPSA) is 26.0 Å². The van der Waals surface area contributed by atoms with Crippen LogP contribution in [0.4, 0.5) is 0 Å². The number of hydrogen-bond donors (Lipinski definition) is 1. The molecule has 2 N–H and O–H groups in total. The Morgan fingerprint density at radius 2 is 1.19 bits per heavy atom. The van der Waals surface area contributed by atoms with Gasteiger partial charge >= 0.3 is 0 Å². The van der Waals surface area contributed by atoms with Gasteiger partial charge in [0.15, 0.2) is 0 Å². The largest absolute Gasteiger partial charge is 0.330 e. The first-order valence-corrected chi connectivity index (χ1v) is 9.61. The fourth-order valence-electron chi connectivity index (χ4n) is 3.68. The van der Waals surface area contributed by atoms with E-state index in [1.807, 2.05) is 0 Å². The van der Waals surface area contributed by atoms with E-state index in [9.17, 15) is 0 Å². The summed E-state index contributed by atoms with van der Waals surface area (Å²) in [4.78, 5) is 0. The average Bonchev–Trinajstić information content (AvgIpc) is 2.61. The summed E-state index contributed by atoms with van der Waals surface area (Å²) in [6.45, 7) is 7.27. The molecule has 0 bridgehead atoms. The fourth-order valence-corrected chi connectivity index (χ4v) is 3.68. The minimum atomic E-state index is 0.687. The van der Waals surface area contributed by atoms with Crippen LogP contribution in [0.1, 0.15) is 35.6 Å². The molecule has 0 fully saturated rings. The molecule has 0 saturated carbocycles. The maximum Gasteiger partial charge on any atom is -0.00367 e. The van der Waals surface area contributed by atoms with Crippen molar-refractivity contribution in [1.29, 1.82) is 0 Å². The molecule has 0 aromatic heterocycles. The quantitative estimate of drug-likeness (QED) is 0.576. The lowest BCUT2D eigenvalue weighted by atomic mass is 9.94. The predicted octanol–water partition coefficient (Wildman–Crippen LogP) is 6.09. The zero-order chi connectivity index (χ0) is 18.5. The lowest BCUT2D eigenvalue weighted by Gasteiger charge is -2.11. The minimum Gasteiger partial charge on any atom is -0.330 e. The highest BCUT2D eigenvalue weighted by Gasteiger charge is 2.06. The molecule has 3 aromatic carbocycles. The summed E-state index contributed by atoms with van der Waals surface area (Å²) >= 11 is 0. The third-order valence-electron chi connectivity index (χ3n) is 4.78. The van der Waals surface area contributed by atoms with E-state index < -0.39 is 0 Å². The van der Waals surface area contributed by atoms with E-state index in [1.54, 1.807) is 0 Å². The molecule has 0 aliphatic carbocycles. The second kappa shape index (κ2) is 8.33. The SMILES string of the molecule is CCCc1cc(C)cc(-c2cccc(-c3cc(C)cc(CCN)c3)c2)c1. The van der Waals surface area contributed by atoms with Gasteiger partial charge < -0.3 is 5.73 Å². The number of nitrogens with two attached hydrogens (primary N) is 1. The van der Waals surface area contributed by atoms with Crippen LogP contribution in [0.2, 0.25) is 0 Å². The molecule has 0 amide bonds. The monoisotopic (exact) mass is 343 g/mol. The molecule has 134 valence electrons. The Hall–Kier alpha value is -2.38. The Kier molecular flexibility index (Phi) is 5.90. The highest BCUT2D eigenvalue weighted by Crippen LogP contribution is 2.29. The first-order valence-electron chi connectivity index (χ1n) is 9.61. The first kappa shape index (κ1) is 18.4. The van der Waals surface area contributed by atoms with Gasteiger partial charge in [0.1, 0.15) is 0 Å². The Morgan fingerprint density at radius 1 is 0.654 bits per heavy atom. The molecular weight excluding hydrogens is 314 g/mol. The molecule has 0 aliphatic rings. The van der Waals surface area contributed by atoms with Crippen LogP contribution in [-0.4, -0.2) is 6.54 Å². The average molecular weight is 344 g/mol. The maximum atomic E-state index is 5.75. The van der Waals surface area contributed by atoms with Gasteiger partial charge in [-0.05, 0) is 72.7 Å². The molecular formula is C25H29N. The lowest BCUT2D eigenvalue weighted by molar-refractivity contribution is 0.920. The molecule has 0 spiro atoms. The van der Waals surface area contributed by atoms with Gasteiger partial charge in [-0.1, -0.05) is 79.1 Å². The van der Waals surface area contributed by atoms with Crippen LogP contribution in [0, 0.1) is 13.8 Å². The van der Waals surface area contributed by atoms with Crippen molar-refractivity contribution in [2.24, 2.45) is 5.73 Å². The normalized spacial score (nSPS) is 10.9. The van der Waals surface area contributed by atoms with E-state index in [2.05, 4.69) is 81.4 Å². The summed E-state index contributed by atoms with van der Waals surface area (Å²) in [6.07, 6.45) is 3.23. The summed E-state index contributed by atoms with van der Waals surface area (Å²) in [7, 11) is 0. The summed E-state index contributed by atoms with van der Waals surface area (Å²) in [5, 5.41) is 0. The Labute approximate surface area is 157 Å². The van der Waals surface area contributed by atoms with Crippen LogP contribution in [0.3, 0.4) is 0 Å². The zero-order valence-corrected chi connectivity index (χ0v) is 16.2. The Balaban J connectivity index is 2.02. The van der Waals surface area contributed by atoms with E-state index >= 15 is 0 Å². The van der Waals surface area contributed by atoms with Gasteiger partial charge in [-0.3, -0.25) is 0 Å². The summed E-state index contributed by atoms with van der Waals surface area (Å²) in [6, 6.07) is 22.6. The van der Waals surface area contributed by atoms with E-state index in [1.165, 1.54) is 50.9 Å². The van der Waals surface area contributed by atoms with Crippen molar-refractivity contribution in [2.75, 3.05) is 6.54 Å². The third-order valence-corrected chi connectivity index (χ3v) is 4.78. The number of rotatable bonds is 6. The predicted molar refractivity (Wildman–Crippen MR) is 114 cm³/mol. The molecule has 0 heterocycles. The molecule has 1 heteroatoms. The van der Waals surface area contributed by atoms with Gasteiger partial charge in [0, 0.05) is 0 Å². The second-order valence-electron chi connectivity index (χ2n) is 7.28. The molecule has 26 heavy (non-hydrogen) atoms. The molecule has 3 aromatic rings. The highest BCUT2D eigenvalue weighted by molar-refractivity contribution is 5.74. The number of hydrogen-bond acceptors (Lipinski definition) is 1. The van der Waals surface area contributed by atoms with Gasteiger partial charge in [0.05, 0.1) is 0 Å². The molecule has 0 saturated heterocycles. The standard InChI is InChI=1S/C25H29N/c1-4-6-20-11-18(2)13-24(15-20)22-7-5-8-23(17-22)25-14-19(3)12-21(16-25)9-10-26/h5,7-8,11-17H,4,6,9-10,26H2,1-3H3. The minimum absolute atomic E-state index is 0.687. The number of benzene rings is 3. The van der Waals surface area contributed by atoms with E-state index in [0.29, 0.717) is 6.54 Å². The van der Waals surface area contributed by atoms with E-state index in [4.69, 9.17) is 5.73 Å². The van der Waals surface area contributed by atoms with Crippen LogP contribution in [0.15, 0.2) is 60.7 Å². The lowest BCUT2D eigenvalue weighted by Crippen LogP contribution is -2.03. The maximum absolute atomic E-state index is 5.75. The molecule has 0 radical (unpaired) electrons. The Morgan fingerprint density at radius 3 is 1.69 bits per heavy atom. The summed E-state index contributed by atoms with van der Waals surface area (Å²) in [5.41, 5.74) is 16.2. The molecule has 0 unspecified atom stereocenters. The molecule has 0 aliphatic heterocycles. The first-order chi connectivity index (χ1) is 12.6. The summed E-state index contributed by atoms with van der Waals surface area (Å²) in [5.74, 6) is 0. The zero-order valence-electron chi connectivity index (χ0n) is 16.2. The van der Waals surface area contributed by atoms with Crippen LogP contribution in [0.5, 0.6) is 0 Å². The number of aryl methyl sites for hydroxylation is 3. The van der Waals surface area contributed by atoms with Crippen LogP contribution >= 0.6 is 0 Å². The van der Waals surface area contributed by atoms with Crippen molar-refractivity contribution in [3.8, 4) is 22.3 Å². The van der Waals surface area contributed by atoms with E-state index in [-0.39, 0.29) is 0 Å². The van der Waals surface area contributed by atoms with Gasteiger partial charge in [0.25, 0.3) is 0 Å². The molecule has 3 rings (SSSR count). The van der Waals surface area contributed by atoms with Gasteiger partial charge in [-0.2, -0.15) is 0 Å². The molecule has 0 atom stereocenters. The van der Waals surface area contributed by atoms with Crippen molar-refractivity contribution in [3.05, 3.63) is 82.9 Å². The second-order valence-corrected chi connectivity index (χ2v) is 7.28. The summed E-state index contributed by atoms with van der Waals surface area (Å²) < 4.78 is 0. The van der Waals surface area contributed by atoms with Gasteiger partial charge in [0.2, 0.25) is 0 Å². The van der Waals surface area contributed by atoms with Crippen LogP contribution < -0.4 is 5.73 Å². The van der Waals surface area contributed by atoms with Crippen molar-refractivity contribution >= 4 is 0 Å². The van der Waals surface area contributed by atoms with Crippen LogP contribution in [0.25, 0.3) is 22.3 Å². The Bertz CT molecular complexity index is 822. The highest BCUT2D eigenvalue weighted by atomic mass is 14.5. The van der Waals surface area contributed by atoms with Gasteiger partial charge in [-0.25, -0.2) is 0 Å².